The Morgan fingerprint density at radius 3 is 0.582 bits per heavy atom. The zero-order valence-electron chi connectivity index (χ0n) is 45.0. The van der Waals surface area contributed by atoms with E-state index in [1.807, 2.05) is 0 Å². The van der Waals surface area contributed by atoms with E-state index < -0.39 is 83.6 Å². The van der Waals surface area contributed by atoms with Crippen LogP contribution in [0.4, 0.5) is 0 Å². The van der Waals surface area contributed by atoms with Crippen LogP contribution in [-0.4, -0.2) is 178 Å². The number of carbonyl (C=O) groups excluding carboxylic acids is 7. The standard InChI is InChI=1S/C43H89N29O7/c1-59-24(10-3-17-61-38(47)48)31(74)68-26(12-5-19-63-40(51)52)33(76)70-28(14-7-21-65-42(55)56)35(78)72-29(15-8-22-66-43(57)58)36(79)71-27(13-6-20-64-41(53)54)34(77)69-25(11-4-18-62-39(49)50)32(75)67-23(30(44)73)9-2-16-60-37(45)46/h23-29,59H,2-22H2,1H3,(H2,44,73)(H,67,75)(H,68,74)(H,69,77)(H,70,76)(H,71,79)(H,72,78)(H4,45,46,60)(H4,47,48,61)(H4,49,50,62)(H4,51,52,63)(H4,53,54,64)(H4,55,56,65)(H4,57,58,66)/t23-,24-,25-,26-,27-,28-,29-/m0/s1. The Kier molecular flexibility index (Phi) is 35.9. The van der Waals surface area contributed by atoms with E-state index in [1.165, 1.54) is 0 Å². The van der Waals surface area contributed by atoms with Crippen molar-refractivity contribution in [3.8, 4) is 0 Å². The third-order valence-corrected chi connectivity index (χ3v) is 11.1. The van der Waals surface area contributed by atoms with Crippen LogP contribution in [0.25, 0.3) is 0 Å². The number of hydrogen-bond acceptors (Lipinski definition) is 15. The van der Waals surface area contributed by atoms with E-state index in [-0.39, 0.29) is 171 Å². The number of hydrogen-bond donors (Lipinski definition) is 22. The maximum atomic E-state index is 14.5. The fourth-order valence-corrected chi connectivity index (χ4v) is 7.19. The Bertz CT molecular complexity index is 2120. The summed E-state index contributed by atoms with van der Waals surface area (Å²) in [7, 11) is 1.56. The lowest BCUT2D eigenvalue weighted by molar-refractivity contribution is -0.135. The summed E-state index contributed by atoms with van der Waals surface area (Å²) >= 11 is 0. The highest BCUT2D eigenvalue weighted by Gasteiger charge is 2.33. The topological polar surface area (TPSA) is 681 Å². The van der Waals surface area contributed by atoms with Gasteiger partial charge < -0.3 is 123 Å². The molecule has 0 aromatic rings. The summed E-state index contributed by atoms with van der Waals surface area (Å²) in [5.41, 5.74) is 82.5. The Morgan fingerprint density at radius 1 is 0.266 bits per heavy atom. The second-order valence-corrected chi connectivity index (χ2v) is 17.8. The minimum Gasteiger partial charge on any atom is -0.370 e. The second kappa shape index (κ2) is 40.4. The Labute approximate surface area is 458 Å². The maximum Gasteiger partial charge on any atom is 0.243 e. The average Bonchev–Trinajstić information content (AvgIpc) is 3.35. The number of guanidine groups is 7. The first-order chi connectivity index (χ1) is 37.3. The molecule has 0 bridgehead atoms. The molecule has 448 valence electrons. The van der Waals surface area contributed by atoms with Crippen LogP contribution in [0.1, 0.15) is 89.9 Å². The predicted molar refractivity (Wildman–Crippen MR) is 303 cm³/mol. The van der Waals surface area contributed by atoms with Crippen molar-refractivity contribution in [2.24, 2.45) is 121 Å². The van der Waals surface area contributed by atoms with Gasteiger partial charge in [-0.05, 0) is 96.9 Å². The van der Waals surface area contributed by atoms with Gasteiger partial charge in [0.25, 0.3) is 0 Å². The van der Waals surface area contributed by atoms with Crippen molar-refractivity contribution in [1.29, 1.82) is 0 Å². The summed E-state index contributed by atoms with van der Waals surface area (Å²) in [5.74, 6) is -7.11. The van der Waals surface area contributed by atoms with E-state index >= 15 is 0 Å². The highest BCUT2D eigenvalue weighted by Crippen LogP contribution is 2.10. The molecular weight excluding hydrogens is 1030 g/mol. The summed E-state index contributed by atoms with van der Waals surface area (Å²) in [6.45, 7) is 0.536. The quantitative estimate of drug-likeness (QED) is 0.0153. The van der Waals surface area contributed by atoms with Crippen LogP contribution in [0.5, 0.6) is 0 Å². The van der Waals surface area contributed by atoms with E-state index in [0.29, 0.717) is 6.42 Å². The molecule has 0 spiro atoms. The fraction of sp³-hybridized carbons (Fsp3) is 0.674. The monoisotopic (exact) mass is 1120 g/mol. The van der Waals surface area contributed by atoms with Crippen molar-refractivity contribution >= 4 is 83.1 Å². The number of aliphatic imine (C=N–C) groups is 7. The molecule has 0 aliphatic heterocycles. The van der Waals surface area contributed by atoms with E-state index in [2.05, 4.69) is 72.2 Å². The maximum absolute atomic E-state index is 14.5. The first kappa shape index (κ1) is 70.1. The van der Waals surface area contributed by atoms with Gasteiger partial charge in [0.15, 0.2) is 41.7 Å². The van der Waals surface area contributed by atoms with Gasteiger partial charge in [0.05, 0.1) is 6.04 Å². The number of nitrogens with two attached hydrogens (primary N) is 15. The van der Waals surface area contributed by atoms with Crippen LogP contribution < -0.4 is 123 Å². The molecule has 36 heteroatoms. The Morgan fingerprint density at radius 2 is 0.418 bits per heavy atom. The van der Waals surface area contributed by atoms with Gasteiger partial charge in [-0.25, -0.2) is 0 Å². The molecule has 0 unspecified atom stereocenters. The molecule has 0 saturated carbocycles. The molecule has 0 aromatic heterocycles. The first-order valence-electron chi connectivity index (χ1n) is 25.4. The zero-order valence-corrected chi connectivity index (χ0v) is 45.0. The van der Waals surface area contributed by atoms with Crippen molar-refractivity contribution in [3.63, 3.8) is 0 Å². The van der Waals surface area contributed by atoms with Gasteiger partial charge in [-0.15, -0.1) is 0 Å². The number of primary amides is 1. The van der Waals surface area contributed by atoms with Gasteiger partial charge in [-0.2, -0.15) is 0 Å². The minimum atomic E-state index is -1.44. The first-order valence-corrected chi connectivity index (χ1v) is 25.4. The summed E-state index contributed by atoms with van der Waals surface area (Å²) in [6, 6.07) is -8.84. The van der Waals surface area contributed by atoms with Gasteiger partial charge >= 0.3 is 0 Å². The average molecular weight is 1120 g/mol. The van der Waals surface area contributed by atoms with Crippen molar-refractivity contribution in [1.82, 2.24) is 37.2 Å². The van der Waals surface area contributed by atoms with Crippen LogP contribution in [0, 0.1) is 0 Å². The van der Waals surface area contributed by atoms with E-state index in [9.17, 15) is 33.6 Å². The molecule has 36 nitrogen and oxygen atoms in total. The highest BCUT2D eigenvalue weighted by molar-refractivity contribution is 5.97. The van der Waals surface area contributed by atoms with Crippen LogP contribution >= 0.6 is 0 Å². The van der Waals surface area contributed by atoms with Gasteiger partial charge in [0, 0.05) is 45.8 Å². The van der Waals surface area contributed by atoms with E-state index in [0.717, 1.165) is 0 Å². The van der Waals surface area contributed by atoms with Crippen LogP contribution in [0.3, 0.4) is 0 Å². The fourth-order valence-electron chi connectivity index (χ4n) is 7.19. The minimum absolute atomic E-state index is 0.00342. The van der Waals surface area contributed by atoms with Gasteiger partial charge in [-0.1, -0.05) is 0 Å². The number of nitrogens with zero attached hydrogens (tertiary/aromatic N) is 7. The van der Waals surface area contributed by atoms with Gasteiger partial charge in [-0.3, -0.25) is 68.5 Å². The molecule has 37 N–H and O–H groups in total. The molecule has 0 saturated heterocycles. The van der Waals surface area contributed by atoms with Crippen molar-refractivity contribution in [2.45, 2.75) is 132 Å². The van der Waals surface area contributed by atoms with E-state index in [4.69, 9.17) is 86.0 Å². The lowest BCUT2D eigenvalue weighted by atomic mass is 10.0. The normalized spacial score (nSPS) is 13.2. The molecular formula is C43H89N29O7. The number of rotatable bonds is 42. The second-order valence-electron chi connectivity index (χ2n) is 17.8. The zero-order chi connectivity index (χ0) is 59.9. The molecule has 79 heavy (non-hydrogen) atoms. The summed E-state index contributed by atoms with van der Waals surface area (Å²) in [5, 5.41) is 18.9. The largest absolute Gasteiger partial charge is 0.370 e. The smallest absolute Gasteiger partial charge is 0.243 e. The van der Waals surface area contributed by atoms with Gasteiger partial charge in [0.2, 0.25) is 41.4 Å². The molecule has 0 heterocycles. The Balaban J connectivity index is 7.22. The van der Waals surface area contributed by atoms with Crippen molar-refractivity contribution in [2.75, 3.05) is 52.9 Å². The molecule has 0 aliphatic carbocycles. The van der Waals surface area contributed by atoms with Crippen LogP contribution in [-0.2, 0) is 33.6 Å². The van der Waals surface area contributed by atoms with E-state index in [1.54, 1.807) is 7.05 Å². The molecule has 0 aliphatic rings. The number of amides is 7. The molecule has 0 radical (unpaired) electrons. The number of likely N-dealkylation sites (N-methyl/N-ethyl adjacent to an activating group) is 1. The third kappa shape index (κ3) is 35.2. The summed E-state index contributed by atoms with van der Waals surface area (Å²) in [6.07, 6.45) is 1.27. The SMILES string of the molecule is CN[C@@H](CCCN=C(N)N)C(=O)N[C@@H](CCCN=C(N)N)C(=O)N[C@@H](CCCN=C(N)N)C(=O)N[C@@H](CCCN=C(N)N)C(=O)N[C@@H](CCCN=C(N)N)C(=O)N[C@@H](CCCN=C(N)N)C(=O)N[C@@H](CCCN=C(N)N)C(N)=O. The molecule has 7 atom stereocenters. The summed E-state index contributed by atoms with van der Waals surface area (Å²) in [4.78, 5) is 125. The van der Waals surface area contributed by atoms with Crippen molar-refractivity contribution < 1.29 is 33.6 Å². The number of carbonyl (C=O) groups is 7. The predicted octanol–water partition coefficient (Wildman–Crippen LogP) is -10.7. The highest BCUT2D eigenvalue weighted by atomic mass is 16.2. The third-order valence-electron chi connectivity index (χ3n) is 11.1. The van der Waals surface area contributed by atoms with Crippen LogP contribution in [0.15, 0.2) is 34.9 Å². The van der Waals surface area contributed by atoms with Crippen LogP contribution in [0.2, 0.25) is 0 Å². The lowest BCUT2D eigenvalue weighted by Gasteiger charge is -2.28. The Hall–Kier alpha value is -8.86. The lowest BCUT2D eigenvalue weighted by Crippen LogP contribution is -2.60. The van der Waals surface area contributed by atoms with Gasteiger partial charge in [0.1, 0.15) is 36.3 Å². The molecule has 0 rings (SSSR count). The molecule has 0 fully saturated rings. The molecule has 0 aromatic carbocycles. The van der Waals surface area contributed by atoms with Crippen molar-refractivity contribution in [3.05, 3.63) is 0 Å². The molecule has 7 amide bonds. The summed E-state index contributed by atoms with van der Waals surface area (Å²) < 4.78 is 0. The number of nitrogens with one attached hydrogen (secondary N) is 7.